The van der Waals surface area contributed by atoms with Gasteiger partial charge in [0.25, 0.3) is 0 Å². The van der Waals surface area contributed by atoms with Gasteiger partial charge in [0.05, 0.1) is 22.5 Å². The molecule has 1 saturated heterocycles. The lowest BCUT2D eigenvalue weighted by Gasteiger charge is -2.21. The molecule has 1 fully saturated rings. The van der Waals surface area contributed by atoms with Crippen molar-refractivity contribution < 1.29 is 0 Å². The first-order valence-corrected chi connectivity index (χ1v) is 9.22. The molecule has 3 aromatic heterocycles. The SMILES string of the molecule is c1csc(-c2nc(N3CCCCCC3)ncc2-c2cnccn2)c1. The van der Waals surface area contributed by atoms with Gasteiger partial charge in [0, 0.05) is 37.2 Å². The molecular weight excluding hydrogens is 318 g/mol. The van der Waals surface area contributed by atoms with Crippen LogP contribution in [0.15, 0.2) is 42.3 Å². The lowest BCUT2D eigenvalue weighted by Crippen LogP contribution is -2.26. The molecule has 0 amide bonds. The Bertz CT molecular complexity index is 780. The van der Waals surface area contributed by atoms with Gasteiger partial charge in [0.15, 0.2) is 0 Å². The fourth-order valence-corrected chi connectivity index (χ4v) is 3.75. The van der Waals surface area contributed by atoms with Crippen LogP contribution >= 0.6 is 11.3 Å². The highest BCUT2D eigenvalue weighted by molar-refractivity contribution is 7.13. The van der Waals surface area contributed by atoms with Crippen LogP contribution in [0.4, 0.5) is 5.95 Å². The maximum absolute atomic E-state index is 4.91. The number of anilines is 1. The van der Waals surface area contributed by atoms with E-state index >= 15 is 0 Å². The van der Waals surface area contributed by atoms with Gasteiger partial charge in [-0.1, -0.05) is 18.9 Å². The zero-order valence-corrected chi connectivity index (χ0v) is 14.2. The van der Waals surface area contributed by atoms with Gasteiger partial charge in [-0.3, -0.25) is 9.97 Å². The molecule has 0 saturated carbocycles. The Kier molecular flexibility index (Phi) is 4.46. The summed E-state index contributed by atoms with van der Waals surface area (Å²) in [4.78, 5) is 21.6. The van der Waals surface area contributed by atoms with E-state index < -0.39 is 0 Å². The van der Waals surface area contributed by atoms with Crippen molar-refractivity contribution in [3.8, 4) is 21.8 Å². The molecule has 3 aromatic rings. The normalized spacial score (nSPS) is 15.2. The second-order valence-electron chi connectivity index (χ2n) is 5.90. The topological polar surface area (TPSA) is 54.8 Å². The molecule has 1 aliphatic rings. The summed E-state index contributed by atoms with van der Waals surface area (Å²) in [6, 6.07) is 4.15. The Morgan fingerprint density at radius 3 is 2.54 bits per heavy atom. The molecule has 0 atom stereocenters. The highest BCUT2D eigenvalue weighted by Crippen LogP contribution is 2.33. The minimum absolute atomic E-state index is 0.809. The second kappa shape index (κ2) is 7.05. The van der Waals surface area contributed by atoms with Crippen LogP contribution in [-0.4, -0.2) is 33.0 Å². The fraction of sp³-hybridized carbons (Fsp3) is 0.333. The summed E-state index contributed by atoms with van der Waals surface area (Å²) in [6.45, 7) is 2.07. The van der Waals surface area contributed by atoms with Crippen LogP contribution in [0.5, 0.6) is 0 Å². The van der Waals surface area contributed by atoms with Crippen LogP contribution in [0, 0.1) is 0 Å². The highest BCUT2D eigenvalue weighted by atomic mass is 32.1. The Morgan fingerprint density at radius 1 is 0.958 bits per heavy atom. The molecule has 4 rings (SSSR count). The number of thiophene rings is 1. The van der Waals surface area contributed by atoms with Gasteiger partial charge >= 0.3 is 0 Å². The van der Waals surface area contributed by atoms with Crippen LogP contribution in [-0.2, 0) is 0 Å². The average molecular weight is 337 g/mol. The summed E-state index contributed by atoms with van der Waals surface area (Å²) in [6.07, 6.45) is 12.1. The molecule has 5 nitrogen and oxygen atoms in total. The van der Waals surface area contributed by atoms with Crippen molar-refractivity contribution in [1.29, 1.82) is 0 Å². The Morgan fingerprint density at radius 2 is 1.83 bits per heavy atom. The van der Waals surface area contributed by atoms with E-state index in [0.717, 1.165) is 40.9 Å². The third-order valence-corrected chi connectivity index (χ3v) is 5.14. The van der Waals surface area contributed by atoms with E-state index in [4.69, 9.17) is 4.98 Å². The number of rotatable bonds is 3. The Hall–Kier alpha value is -2.34. The van der Waals surface area contributed by atoms with Gasteiger partial charge in [-0.05, 0) is 24.3 Å². The van der Waals surface area contributed by atoms with Gasteiger partial charge in [-0.2, -0.15) is 0 Å². The molecule has 0 unspecified atom stereocenters. The van der Waals surface area contributed by atoms with E-state index in [1.54, 1.807) is 29.9 Å². The predicted molar refractivity (Wildman–Crippen MR) is 97.1 cm³/mol. The van der Waals surface area contributed by atoms with Crippen molar-refractivity contribution >= 4 is 17.3 Å². The molecule has 122 valence electrons. The van der Waals surface area contributed by atoms with Crippen LogP contribution in [0.3, 0.4) is 0 Å². The number of hydrogen-bond acceptors (Lipinski definition) is 6. The third kappa shape index (κ3) is 3.14. The van der Waals surface area contributed by atoms with Crippen LogP contribution in [0.25, 0.3) is 21.8 Å². The van der Waals surface area contributed by atoms with Crippen molar-refractivity contribution in [1.82, 2.24) is 19.9 Å². The largest absolute Gasteiger partial charge is 0.341 e. The van der Waals surface area contributed by atoms with Crippen molar-refractivity contribution in [2.45, 2.75) is 25.7 Å². The van der Waals surface area contributed by atoms with E-state index in [0.29, 0.717) is 0 Å². The molecule has 24 heavy (non-hydrogen) atoms. The Labute approximate surface area is 145 Å². The summed E-state index contributed by atoms with van der Waals surface area (Å²) in [5, 5.41) is 2.07. The maximum atomic E-state index is 4.91. The summed E-state index contributed by atoms with van der Waals surface area (Å²) >= 11 is 1.69. The van der Waals surface area contributed by atoms with E-state index in [1.807, 2.05) is 12.3 Å². The minimum Gasteiger partial charge on any atom is -0.341 e. The van der Waals surface area contributed by atoms with E-state index in [2.05, 4.69) is 31.3 Å². The first-order valence-electron chi connectivity index (χ1n) is 8.34. The van der Waals surface area contributed by atoms with E-state index in [9.17, 15) is 0 Å². The van der Waals surface area contributed by atoms with Gasteiger partial charge in [-0.25, -0.2) is 9.97 Å². The van der Waals surface area contributed by atoms with Crippen molar-refractivity contribution in [3.05, 3.63) is 42.3 Å². The zero-order chi connectivity index (χ0) is 16.2. The van der Waals surface area contributed by atoms with Gasteiger partial charge in [0.1, 0.15) is 0 Å². The van der Waals surface area contributed by atoms with Crippen molar-refractivity contribution in [2.75, 3.05) is 18.0 Å². The van der Waals surface area contributed by atoms with Gasteiger partial charge in [-0.15, -0.1) is 11.3 Å². The smallest absolute Gasteiger partial charge is 0.225 e. The molecule has 0 N–H and O–H groups in total. The molecule has 0 spiro atoms. The summed E-state index contributed by atoms with van der Waals surface area (Å²) in [7, 11) is 0. The van der Waals surface area contributed by atoms with E-state index in [-0.39, 0.29) is 0 Å². The highest BCUT2D eigenvalue weighted by Gasteiger charge is 2.17. The molecule has 0 aliphatic carbocycles. The molecule has 0 radical (unpaired) electrons. The van der Waals surface area contributed by atoms with Crippen LogP contribution < -0.4 is 4.90 Å². The molecule has 1 aliphatic heterocycles. The number of aromatic nitrogens is 4. The molecule has 0 bridgehead atoms. The molecule has 4 heterocycles. The minimum atomic E-state index is 0.809. The van der Waals surface area contributed by atoms with Gasteiger partial charge in [0.2, 0.25) is 5.95 Å². The molecular formula is C18H19N5S. The summed E-state index contributed by atoms with van der Waals surface area (Å²) in [5.74, 6) is 0.827. The lowest BCUT2D eigenvalue weighted by atomic mass is 10.1. The first kappa shape index (κ1) is 15.2. The third-order valence-electron chi connectivity index (χ3n) is 4.26. The average Bonchev–Trinajstić information content (AvgIpc) is 3.04. The number of nitrogens with zero attached hydrogens (tertiary/aromatic N) is 5. The monoisotopic (exact) mass is 337 g/mol. The van der Waals surface area contributed by atoms with Crippen molar-refractivity contribution in [3.63, 3.8) is 0 Å². The summed E-state index contributed by atoms with van der Waals surface area (Å²) < 4.78 is 0. The summed E-state index contributed by atoms with van der Waals surface area (Å²) in [5.41, 5.74) is 2.69. The van der Waals surface area contributed by atoms with Crippen LogP contribution in [0.1, 0.15) is 25.7 Å². The Balaban J connectivity index is 1.78. The number of hydrogen-bond donors (Lipinski definition) is 0. The van der Waals surface area contributed by atoms with Gasteiger partial charge < -0.3 is 4.90 Å². The second-order valence-corrected chi connectivity index (χ2v) is 6.85. The quantitative estimate of drug-likeness (QED) is 0.722. The molecule has 0 aromatic carbocycles. The first-order chi connectivity index (χ1) is 11.9. The predicted octanol–water partition coefficient (Wildman–Crippen LogP) is 4.04. The van der Waals surface area contributed by atoms with Crippen molar-refractivity contribution in [2.24, 2.45) is 0 Å². The standard InChI is InChI=1S/C18H19N5S/c1-2-4-10-23(9-3-1)18-21-12-14(15-13-19-7-8-20-15)17(22-18)16-6-5-11-24-16/h5-8,11-13H,1-4,9-10H2. The maximum Gasteiger partial charge on any atom is 0.225 e. The van der Waals surface area contributed by atoms with E-state index in [1.165, 1.54) is 25.7 Å². The lowest BCUT2D eigenvalue weighted by molar-refractivity contribution is 0.726. The zero-order valence-electron chi connectivity index (χ0n) is 13.4. The van der Waals surface area contributed by atoms with Crippen LogP contribution in [0.2, 0.25) is 0 Å². The fourth-order valence-electron chi connectivity index (χ4n) is 3.02. The molecule has 6 heteroatoms.